The molecular weight excluding hydrogens is 384 g/mol. The first-order chi connectivity index (χ1) is 14.4. The number of aromatic nitrogens is 4. The second-order valence-electron chi connectivity index (χ2n) is 7.01. The molecule has 4 aromatic rings. The molecule has 1 N–H and O–H groups in total. The van der Waals surface area contributed by atoms with Crippen molar-refractivity contribution in [1.29, 1.82) is 0 Å². The maximum Gasteiger partial charge on any atom is 0.332 e. The molecule has 30 heavy (non-hydrogen) atoms. The molecule has 0 unspecified atom stereocenters. The lowest BCUT2D eigenvalue weighted by atomic mass is 10.0. The van der Waals surface area contributed by atoms with E-state index in [4.69, 9.17) is 0 Å². The van der Waals surface area contributed by atoms with E-state index >= 15 is 0 Å². The topological polar surface area (TPSA) is 103 Å². The van der Waals surface area contributed by atoms with Crippen LogP contribution in [0.2, 0.25) is 0 Å². The van der Waals surface area contributed by atoms with Crippen LogP contribution in [0.4, 0.5) is 0 Å². The van der Waals surface area contributed by atoms with Crippen LogP contribution in [0.3, 0.4) is 0 Å². The number of nitrogens with zero attached hydrogens (tertiary/aromatic N) is 5. The van der Waals surface area contributed by atoms with Crippen molar-refractivity contribution in [2.75, 3.05) is 0 Å². The lowest BCUT2D eigenvalue weighted by molar-refractivity contribution is -0.121. The van der Waals surface area contributed by atoms with E-state index < -0.39 is 17.2 Å². The number of carbonyl (C=O) groups excluding carboxylic acids is 1. The van der Waals surface area contributed by atoms with E-state index in [1.54, 1.807) is 0 Å². The fourth-order valence-corrected chi connectivity index (χ4v) is 3.45. The molecule has 0 saturated heterocycles. The second-order valence-corrected chi connectivity index (χ2v) is 7.01. The first-order valence-corrected chi connectivity index (χ1v) is 9.30. The molecule has 0 fully saturated rings. The van der Waals surface area contributed by atoms with Crippen molar-refractivity contribution in [3.8, 4) is 0 Å². The molecule has 0 saturated carbocycles. The number of fused-ring (bicyclic) bond motifs is 2. The highest BCUT2D eigenvalue weighted by Crippen LogP contribution is 2.19. The third kappa shape index (κ3) is 3.20. The predicted octanol–water partition coefficient (Wildman–Crippen LogP) is 1.13. The SMILES string of the molecule is C/C(=N/NC(=O)Cn1cnc2c1c(=O)n(C)c(=O)n2C)c1cccc2ccccc12. The fraction of sp³-hybridized carbons (Fsp3) is 0.190. The van der Waals surface area contributed by atoms with Crippen molar-refractivity contribution < 1.29 is 4.79 Å². The van der Waals surface area contributed by atoms with Gasteiger partial charge in [0.15, 0.2) is 11.2 Å². The molecule has 0 atom stereocenters. The zero-order valence-corrected chi connectivity index (χ0v) is 16.8. The van der Waals surface area contributed by atoms with Crippen LogP contribution < -0.4 is 16.7 Å². The zero-order chi connectivity index (χ0) is 21.4. The number of hydrogen-bond donors (Lipinski definition) is 1. The highest BCUT2D eigenvalue weighted by atomic mass is 16.2. The summed E-state index contributed by atoms with van der Waals surface area (Å²) in [5.41, 5.74) is 3.55. The minimum atomic E-state index is -0.506. The number of benzene rings is 2. The molecule has 2 aromatic carbocycles. The number of aryl methyl sites for hydroxylation is 1. The number of nitrogens with one attached hydrogen (secondary N) is 1. The summed E-state index contributed by atoms with van der Waals surface area (Å²) in [5, 5.41) is 6.35. The maximum atomic E-state index is 12.5. The van der Waals surface area contributed by atoms with Gasteiger partial charge in [0.2, 0.25) is 0 Å². The van der Waals surface area contributed by atoms with E-state index in [2.05, 4.69) is 15.5 Å². The van der Waals surface area contributed by atoms with Crippen molar-refractivity contribution >= 4 is 33.6 Å². The van der Waals surface area contributed by atoms with Gasteiger partial charge in [0.25, 0.3) is 11.5 Å². The summed E-state index contributed by atoms with van der Waals surface area (Å²) in [6, 6.07) is 13.8. The van der Waals surface area contributed by atoms with Gasteiger partial charge in [-0.25, -0.2) is 15.2 Å². The number of hydrazone groups is 1. The summed E-state index contributed by atoms with van der Waals surface area (Å²) in [5.74, 6) is -0.412. The van der Waals surface area contributed by atoms with E-state index in [0.29, 0.717) is 5.71 Å². The summed E-state index contributed by atoms with van der Waals surface area (Å²) in [6.07, 6.45) is 1.37. The standard InChI is InChI=1S/C21H20N6O3/c1-13(15-10-6-8-14-7-4-5-9-16(14)15)23-24-17(28)11-27-12-22-19-18(27)20(29)26(3)21(30)25(19)2/h4-10,12H,11H2,1-3H3,(H,24,28)/b23-13-. The van der Waals surface area contributed by atoms with Crippen molar-refractivity contribution in [1.82, 2.24) is 24.1 Å². The van der Waals surface area contributed by atoms with Gasteiger partial charge in [-0.3, -0.25) is 18.7 Å². The number of amides is 1. The highest BCUT2D eigenvalue weighted by Gasteiger charge is 2.16. The Morgan fingerprint density at radius 2 is 1.80 bits per heavy atom. The third-order valence-corrected chi connectivity index (χ3v) is 5.06. The molecule has 1 amide bonds. The molecule has 0 aliphatic heterocycles. The fourth-order valence-electron chi connectivity index (χ4n) is 3.45. The molecule has 152 valence electrons. The van der Waals surface area contributed by atoms with Gasteiger partial charge in [-0.05, 0) is 17.7 Å². The minimum Gasteiger partial charge on any atom is -0.315 e. The average molecular weight is 404 g/mol. The first kappa shape index (κ1) is 19.3. The van der Waals surface area contributed by atoms with Crippen molar-refractivity contribution in [3.63, 3.8) is 0 Å². The molecule has 0 spiro atoms. The van der Waals surface area contributed by atoms with Crippen LogP contribution in [0.5, 0.6) is 0 Å². The van der Waals surface area contributed by atoms with Gasteiger partial charge < -0.3 is 4.57 Å². The van der Waals surface area contributed by atoms with Crippen LogP contribution >= 0.6 is 0 Å². The summed E-state index contributed by atoms with van der Waals surface area (Å²) in [4.78, 5) is 41.1. The zero-order valence-electron chi connectivity index (χ0n) is 16.8. The van der Waals surface area contributed by atoms with Crippen LogP contribution in [0.25, 0.3) is 21.9 Å². The van der Waals surface area contributed by atoms with E-state index in [-0.39, 0.29) is 17.7 Å². The molecule has 9 nitrogen and oxygen atoms in total. The Bertz CT molecular complexity index is 1440. The Labute approximate surface area is 170 Å². The highest BCUT2D eigenvalue weighted by molar-refractivity contribution is 6.09. The van der Waals surface area contributed by atoms with Gasteiger partial charge in [0.1, 0.15) is 6.54 Å². The normalized spacial score (nSPS) is 11.9. The molecule has 0 aliphatic carbocycles. The van der Waals surface area contributed by atoms with Gasteiger partial charge in [-0.1, -0.05) is 42.5 Å². The summed E-state index contributed by atoms with van der Waals surface area (Å²) in [6.45, 7) is 1.66. The van der Waals surface area contributed by atoms with Crippen molar-refractivity contribution in [2.24, 2.45) is 19.2 Å². The van der Waals surface area contributed by atoms with Crippen LogP contribution in [0.15, 0.2) is 63.5 Å². The molecule has 0 aliphatic rings. The van der Waals surface area contributed by atoms with E-state index in [1.807, 2.05) is 49.4 Å². The number of hydrogen-bond acceptors (Lipinski definition) is 5. The van der Waals surface area contributed by atoms with E-state index in [0.717, 1.165) is 20.9 Å². The molecule has 2 aromatic heterocycles. The molecule has 2 heterocycles. The summed E-state index contributed by atoms with van der Waals surface area (Å²) in [7, 11) is 2.92. The summed E-state index contributed by atoms with van der Waals surface area (Å²) < 4.78 is 3.67. The Balaban J connectivity index is 1.60. The molecule has 0 bridgehead atoms. The Hall–Kier alpha value is -4.01. The Kier molecular flexibility index (Phi) is 4.78. The number of rotatable bonds is 4. The average Bonchev–Trinajstić information content (AvgIpc) is 3.17. The predicted molar refractivity (Wildman–Crippen MR) is 115 cm³/mol. The van der Waals surface area contributed by atoms with E-state index in [1.165, 1.54) is 29.6 Å². The quantitative estimate of drug-likeness (QED) is 0.407. The number of carbonyl (C=O) groups is 1. The maximum absolute atomic E-state index is 12.5. The number of imidazole rings is 1. The smallest absolute Gasteiger partial charge is 0.315 e. The van der Waals surface area contributed by atoms with Gasteiger partial charge in [-0.15, -0.1) is 0 Å². The third-order valence-electron chi connectivity index (χ3n) is 5.06. The van der Waals surface area contributed by atoms with Crippen LogP contribution in [-0.4, -0.2) is 30.3 Å². The molecular formula is C21H20N6O3. The van der Waals surface area contributed by atoms with Crippen molar-refractivity contribution in [3.05, 3.63) is 75.2 Å². The van der Waals surface area contributed by atoms with E-state index in [9.17, 15) is 14.4 Å². The lowest BCUT2D eigenvalue weighted by Crippen LogP contribution is -2.38. The molecule has 0 radical (unpaired) electrons. The van der Waals surface area contributed by atoms with Gasteiger partial charge >= 0.3 is 5.69 Å². The minimum absolute atomic E-state index is 0.156. The lowest BCUT2D eigenvalue weighted by Gasteiger charge is -2.08. The largest absolute Gasteiger partial charge is 0.332 e. The Morgan fingerprint density at radius 1 is 1.07 bits per heavy atom. The van der Waals surface area contributed by atoms with Gasteiger partial charge in [0, 0.05) is 19.7 Å². The van der Waals surface area contributed by atoms with Gasteiger partial charge in [0.05, 0.1) is 12.0 Å². The molecule has 4 rings (SSSR count). The van der Waals surface area contributed by atoms with Crippen LogP contribution in [0.1, 0.15) is 12.5 Å². The summed E-state index contributed by atoms with van der Waals surface area (Å²) >= 11 is 0. The van der Waals surface area contributed by atoms with Gasteiger partial charge in [-0.2, -0.15) is 5.10 Å². The molecule has 9 heteroatoms. The van der Waals surface area contributed by atoms with Crippen LogP contribution in [0, 0.1) is 0 Å². The van der Waals surface area contributed by atoms with Crippen LogP contribution in [-0.2, 0) is 25.4 Å². The Morgan fingerprint density at radius 3 is 2.60 bits per heavy atom. The monoisotopic (exact) mass is 404 g/mol. The first-order valence-electron chi connectivity index (χ1n) is 9.30. The van der Waals surface area contributed by atoms with Crippen molar-refractivity contribution in [2.45, 2.75) is 13.5 Å². The second kappa shape index (κ2) is 7.43.